The quantitative estimate of drug-likeness (QED) is 0.717. The lowest BCUT2D eigenvalue weighted by Crippen LogP contribution is -2.47. The highest BCUT2D eigenvalue weighted by atomic mass is 35.5. The first-order chi connectivity index (χ1) is 11.4. The summed E-state index contributed by atoms with van der Waals surface area (Å²) in [6, 6.07) is 20.4. The van der Waals surface area contributed by atoms with Crippen molar-refractivity contribution in [3.05, 3.63) is 71.8 Å². The fraction of sp³-hybridized carbons (Fsp3) is 0.350. The Morgan fingerprint density at radius 3 is 1.73 bits per heavy atom. The minimum Gasteiger partial charge on any atom is -0.353 e. The molecular weight excluding hydrogens is 369 g/mol. The summed E-state index contributed by atoms with van der Waals surface area (Å²) in [5, 5.41) is 2.92. The van der Waals surface area contributed by atoms with Gasteiger partial charge in [0.25, 0.3) is 0 Å². The molecule has 0 saturated heterocycles. The maximum atomic E-state index is 12.3. The third-order valence-corrected chi connectivity index (χ3v) is 3.61. The predicted molar refractivity (Wildman–Crippen MR) is 113 cm³/mol. The second kappa shape index (κ2) is 11.9. The van der Waals surface area contributed by atoms with Crippen LogP contribution in [-0.4, -0.2) is 29.4 Å². The molecule has 0 radical (unpaired) electrons. The van der Waals surface area contributed by atoms with Gasteiger partial charge in [-0.15, -0.1) is 24.8 Å². The Hall–Kier alpha value is -1.59. The second-order valence-electron chi connectivity index (χ2n) is 6.88. The molecule has 0 aliphatic heterocycles. The molecule has 6 heteroatoms. The Balaban J connectivity index is 0.00000312. The van der Waals surface area contributed by atoms with Crippen molar-refractivity contribution in [1.82, 2.24) is 10.2 Å². The molecule has 0 aliphatic carbocycles. The molecule has 2 aromatic rings. The number of rotatable bonds is 8. The summed E-state index contributed by atoms with van der Waals surface area (Å²) in [5.74, 6) is 0.000359. The number of nitrogens with two attached hydrogens (primary N) is 1. The molecule has 0 unspecified atom stereocenters. The summed E-state index contributed by atoms with van der Waals surface area (Å²) < 4.78 is 0. The maximum absolute atomic E-state index is 12.3. The van der Waals surface area contributed by atoms with Crippen molar-refractivity contribution in [3.63, 3.8) is 0 Å². The summed E-state index contributed by atoms with van der Waals surface area (Å²) in [4.78, 5) is 14.4. The summed E-state index contributed by atoms with van der Waals surface area (Å²) in [6.45, 7) is 6.08. The van der Waals surface area contributed by atoms with E-state index in [0.717, 1.165) is 13.1 Å². The van der Waals surface area contributed by atoms with E-state index in [-0.39, 0.29) is 30.7 Å². The number of hydrogen-bond donors (Lipinski definition) is 2. The average molecular weight is 398 g/mol. The molecule has 2 rings (SSSR count). The second-order valence-corrected chi connectivity index (χ2v) is 6.88. The monoisotopic (exact) mass is 397 g/mol. The number of nitrogens with zero attached hydrogens (tertiary/aromatic N) is 1. The molecule has 0 aromatic heterocycles. The van der Waals surface area contributed by atoms with Crippen LogP contribution in [0.2, 0.25) is 0 Å². The van der Waals surface area contributed by atoms with Crippen LogP contribution in [0.15, 0.2) is 60.7 Å². The SMILES string of the molecule is CC(C)(N)CNC(=O)CN(Cc1ccccc1)Cc1ccccc1.Cl.Cl. The van der Waals surface area contributed by atoms with E-state index in [0.29, 0.717) is 13.1 Å². The molecule has 0 heterocycles. The molecule has 0 atom stereocenters. The van der Waals surface area contributed by atoms with Crippen LogP contribution in [0, 0.1) is 0 Å². The first-order valence-electron chi connectivity index (χ1n) is 8.28. The highest BCUT2D eigenvalue weighted by Gasteiger charge is 2.15. The van der Waals surface area contributed by atoms with Crippen LogP contribution >= 0.6 is 24.8 Å². The average Bonchev–Trinajstić information content (AvgIpc) is 2.54. The molecule has 0 bridgehead atoms. The Kier molecular flexibility index (Phi) is 11.2. The van der Waals surface area contributed by atoms with E-state index in [2.05, 4.69) is 34.5 Å². The zero-order valence-corrected chi connectivity index (χ0v) is 17.0. The van der Waals surface area contributed by atoms with Crippen molar-refractivity contribution >= 4 is 30.7 Å². The zero-order chi connectivity index (χ0) is 17.4. The Morgan fingerprint density at radius 1 is 0.923 bits per heavy atom. The van der Waals surface area contributed by atoms with Gasteiger partial charge < -0.3 is 11.1 Å². The van der Waals surface area contributed by atoms with Gasteiger partial charge in [0.05, 0.1) is 6.54 Å². The van der Waals surface area contributed by atoms with Gasteiger partial charge in [0.2, 0.25) is 5.91 Å². The molecular formula is C20H29Cl2N3O. The molecule has 0 aliphatic rings. The summed E-state index contributed by atoms with van der Waals surface area (Å²) >= 11 is 0. The minimum atomic E-state index is -0.403. The molecule has 1 amide bonds. The van der Waals surface area contributed by atoms with Gasteiger partial charge in [-0.2, -0.15) is 0 Å². The number of amides is 1. The van der Waals surface area contributed by atoms with Crippen molar-refractivity contribution in [1.29, 1.82) is 0 Å². The van der Waals surface area contributed by atoms with E-state index in [1.807, 2.05) is 50.2 Å². The first kappa shape index (κ1) is 24.4. The van der Waals surface area contributed by atoms with Crippen LogP contribution in [-0.2, 0) is 17.9 Å². The van der Waals surface area contributed by atoms with Crippen molar-refractivity contribution in [3.8, 4) is 0 Å². The summed E-state index contributed by atoms with van der Waals surface area (Å²) in [5.41, 5.74) is 7.92. The highest BCUT2D eigenvalue weighted by molar-refractivity contribution is 5.85. The van der Waals surface area contributed by atoms with Gasteiger partial charge in [-0.3, -0.25) is 9.69 Å². The number of nitrogens with one attached hydrogen (secondary N) is 1. The van der Waals surface area contributed by atoms with E-state index >= 15 is 0 Å². The van der Waals surface area contributed by atoms with Crippen LogP contribution < -0.4 is 11.1 Å². The van der Waals surface area contributed by atoms with Gasteiger partial charge in [0.15, 0.2) is 0 Å². The number of halogens is 2. The van der Waals surface area contributed by atoms with Crippen LogP contribution in [0.1, 0.15) is 25.0 Å². The summed E-state index contributed by atoms with van der Waals surface area (Å²) in [7, 11) is 0. The standard InChI is InChI=1S/C20H27N3O.2ClH/c1-20(2,21)16-22-19(24)15-23(13-17-9-5-3-6-10-17)14-18-11-7-4-8-12-18;;/h3-12H,13-16,21H2,1-2H3,(H,22,24);2*1H. The van der Waals surface area contributed by atoms with Gasteiger partial charge in [-0.25, -0.2) is 0 Å². The van der Waals surface area contributed by atoms with Crippen molar-refractivity contribution in [2.45, 2.75) is 32.5 Å². The molecule has 2 aromatic carbocycles. The molecule has 0 spiro atoms. The largest absolute Gasteiger partial charge is 0.353 e. The van der Waals surface area contributed by atoms with E-state index < -0.39 is 5.54 Å². The fourth-order valence-corrected chi connectivity index (χ4v) is 2.44. The van der Waals surface area contributed by atoms with Gasteiger partial charge in [-0.1, -0.05) is 60.7 Å². The summed E-state index contributed by atoms with van der Waals surface area (Å²) in [6.07, 6.45) is 0. The van der Waals surface area contributed by atoms with Crippen LogP contribution in [0.4, 0.5) is 0 Å². The van der Waals surface area contributed by atoms with E-state index in [9.17, 15) is 4.79 Å². The Labute approximate surface area is 169 Å². The molecule has 26 heavy (non-hydrogen) atoms. The first-order valence-corrected chi connectivity index (χ1v) is 8.28. The normalized spacial score (nSPS) is 10.6. The van der Waals surface area contributed by atoms with Crippen LogP contribution in [0.5, 0.6) is 0 Å². The highest BCUT2D eigenvalue weighted by Crippen LogP contribution is 2.09. The van der Waals surface area contributed by atoms with E-state index in [1.54, 1.807) is 0 Å². The van der Waals surface area contributed by atoms with Crippen LogP contribution in [0.3, 0.4) is 0 Å². The van der Waals surface area contributed by atoms with E-state index in [4.69, 9.17) is 5.73 Å². The van der Waals surface area contributed by atoms with Crippen molar-refractivity contribution in [2.24, 2.45) is 5.73 Å². The molecule has 144 valence electrons. The lowest BCUT2D eigenvalue weighted by molar-refractivity contribution is -0.122. The minimum absolute atomic E-state index is 0. The van der Waals surface area contributed by atoms with Gasteiger partial charge in [0.1, 0.15) is 0 Å². The maximum Gasteiger partial charge on any atom is 0.234 e. The van der Waals surface area contributed by atoms with E-state index in [1.165, 1.54) is 11.1 Å². The zero-order valence-electron chi connectivity index (χ0n) is 15.4. The molecule has 0 fully saturated rings. The number of carbonyl (C=O) groups is 1. The Morgan fingerprint density at radius 2 is 1.35 bits per heavy atom. The van der Waals surface area contributed by atoms with Gasteiger partial charge in [0, 0.05) is 25.2 Å². The number of benzene rings is 2. The predicted octanol–water partition coefficient (Wildman–Crippen LogP) is 3.39. The fourth-order valence-electron chi connectivity index (χ4n) is 2.44. The smallest absolute Gasteiger partial charge is 0.234 e. The number of hydrogen-bond acceptors (Lipinski definition) is 3. The van der Waals surface area contributed by atoms with Crippen molar-refractivity contribution in [2.75, 3.05) is 13.1 Å². The lowest BCUT2D eigenvalue weighted by atomic mass is 10.1. The Bertz CT molecular complexity index is 589. The third-order valence-electron chi connectivity index (χ3n) is 3.61. The van der Waals surface area contributed by atoms with Crippen LogP contribution in [0.25, 0.3) is 0 Å². The van der Waals surface area contributed by atoms with Gasteiger partial charge in [-0.05, 0) is 25.0 Å². The molecule has 4 nitrogen and oxygen atoms in total. The molecule has 0 saturated carbocycles. The third kappa shape index (κ3) is 9.78. The van der Waals surface area contributed by atoms with Crippen molar-refractivity contribution < 1.29 is 4.79 Å². The number of carbonyl (C=O) groups excluding carboxylic acids is 1. The molecule has 3 N–H and O–H groups in total. The lowest BCUT2D eigenvalue weighted by Gasteiger charge is -2.24. The topological polar surface area (TPSA) is 58.4 Å². The van der Waals surface area contributed by atoms with Gasteiger partial charge >= 0.3 is 0 Å².